The average molecular weight is 437 g/mol. The third kappa shape index (κ3) is 7.75. The number of unbranched alkanes of at least 4 members (excludes halogenated alkanes) is 1. The Bertz CT molecular complexity index is 869. The van der Waals surface area contributed by atoms with Crippen LogP contribution in [0.1, 0.15) is 35.7 Å². The molecule has 0 atom stereocenters. The number of anilines is 1. The van der Waals surface area contributed by atoms with Gasteiger partial charge in [-0.2, -0.15) is 0 Å². The van der Waals surface area contributed by atoms with Gasteiger partial charge in [-0.1, -0.05) is 48.7 Å². The molecule has 0 aliphatic rings. The Morgan fingerprint density at radius 1 is 1.03 bits per heavy atom. The minimum absolute atomic E-state index is 0.170. The Morgan fingerprint density at radius 3 is 2.41 bits per heavy atom. The summed E-state index contributed by atoms with van der Waals surface area (Å²) < 4.78 is 4.87. The van der Waals surface area contributed by atoms with Crippen LogP contribution in [0, 0.1) is 0 Å². The number of esters is 1. The molecule has 2 N–H and O–H groups in total. The van der Waals surface area contributed by atoms with Crippen molar-refractivity contribution in [1.82, 2.24) is 5.32 Å². The molecule has 2 rings (SSSR count). The van der Waals surface area contributed by atoms with E-state index < -0.39 is 30.9 Å². The molecule has 0 unspecified atom stereocenters. The first-order valence-electron chi connectivity index (χ1n) is 9.16. The average Bonchev–Trinajstić information content (AvgIpc) is 2.70. The van der Waals surface area contributed by atoms with E-state index >= 15 is 0 Å². The van der Waals surface area contributed by atoms with Crippen LogP contribution < -0.4 is 10.6 Å². The molecule has 2 aromatic carbocycles. The van der Waals surface area contributed by atoms with Crippen LogP contribution in [-0.2, 0) is 20.7 Å². The summed E-state index contributed by atoms with van der Waals surface area (Å²) in [6.45, 7) is 1.29. The Labute approximate surface area is 179 Å². The number of aryl methyl sites for hydroxylation is 1. The fraction of sp³-hybridized carbons (Fsp3) is 0.286. The van der Waals surface area contributed by atoms with Crippen LogP contribution in [0.4, 0.5) is 5.69 Å². The summed E-state index contributed by atoms with van der Waals surface area (Å²) in [6, 6.07) is 11.9. The highest BCUT2D eigenvalue weighted by molar-refractivity contribution is 6.36. The molecule has 0 aromatic heterocycles. The Morgan fingerprint density at radius 2 is 1.76 bits per heavy atom. The van der Waals surface area contributed by atoms with E-state index in [1.807, 2.05) is 12.1 Å². The van der Waals surface area contributed by atoms with Gasteiger partial charge in [0, 0.05) is 10.7 Å². The van der Waals surface area contributed by atoms with Crippen molar-refractivity contribution in [3.05, 3.63) is 63.6 Å². The maximum absolute atomic E-state index is 12.0. The minimum atomic E-state index is -0.742. The van der Waals surface area contributed by atoms with E-state index in [0.29, 0.717) is 10.7 Å². The quantitative estimate of drug-likeness (QED) is 0.575. The molecular weight excluding hydrogens is 415 g/mol. The first-order chi connectivity index (χ1) is 13.9. The fourth-order valence-electron chi connectivity index (χ4n) is 2.45. The predicted molar refractivity (Wildman–Crippen MR) is 113 cm³/mol. The van der Waals surface area contributed by atoms with Crippen LogP contribution in [0.2, 0.25) is 10.0 Å². The van der Waals surface area contributed by atoms with Crippen LogP contribution >= 0.6 is 23.2 Å². The van der Waals surface area contributed by atoms with Crippen LogP contribution in [0.25, 0.3) is 0 Å². The number of hydrogen-bond acceptors (Lipinski definition) is 4. The maximum Gasteiger partial charge on any atom is 0.325 e. The number of hydrogen-bond donors (Lipinski definition) is 2. The summed E-state index contributed by atoms with van der Waals surface area (Å²) in [5.41, 5.74) is 2.01. The number of nitrogens with one attached hydrogen (secondary N) is 2. The molecule has 2 aromatic rings. The van der Waals surface area contributed by atoms with Gasteiger partial charge in [0.2, 0.25) is 0 Å². The van der Waals surface area contributed by atoms with Crippen molar-refractivity contribution in [2.75, 3.05) is 18.5 Å². The number of benzene rings is 2. The molecular formula is C21H22Cl2N2O4. The van der Waals surface area contributed by atoms with Gasteiger partial charge in [0.25, 0.3) is 11.8 Å². The van der Waals surface area contributed by atoms with Gasteiger partial charge in [0.15, 0.2) is 6.61 Å². The highest BCUT2D eigenvalue weighted by atomic mass is 35.5. The standard InChI is InChI=1S/C21H22Cl2N2O4/c1-2-3-4-14-5-8-16(9-6-14)25-19(26)13-29-20(27)12-24-21(28)17-10-7-15(22)11-18(17)23/h5-11H,2-4,12-13H2,1H3,(H,24,28)(H,25,26). The van der Waals surface area contributed by atoms with Gasteiger partial charge in [-0.3, -0.25) is 14.4 Å². The summed E-state index contributed by atoms with van der Waals surface area (Å²) in [4.78, 5) is 35.7. The van der Waals surface area contributed by atoms with Crippen LogP contribution in [0.3, 0.4) is 0 Å². The van der Waals surface area contributed by atoms with E-state index in [-0.39, 0.29) is 10.6 Å². The van der Waals surface area contributed by atoms with Gasteiger partial charge in [-0.25, -0.2) is 0 Å². The zero-order valence-corrected chi connectivity index (χ0v) is 17.5. The van der Waals surface area contributed by atoms with E-state index in [1.54, 1.807) is 12.1 Å². The minimum Gasteiger partial charge on any atom is -0.454 e. The number of carbonyl (C=O) groups is 3. The fourth-order valence-corrected chi connectivity index (χ4v) is 2.95. The number of rotatable bonds is 9. The lowest BCUT2D eigenvalue weighted by molar-refractivity contribution is -0.146. The lowest BCUT2D eigenvalue weighted by Crippen LogP contribution is -2.32. The zero-order valence-electron chi connectivity index (χ0n) is 16.0. The largest absolute Gasteiger partial charge is 0.454 e. The first kappa shape index (κ1) is 22.7. The molecule has 0 saturated heterocycles. The summed E-state index contributed by atoms with van der Waals surface area (Å²) in [5, 5.41) is 5.60. The molecule has 6 nitrogen and oxygen atoms in total. The molecule has 0 heterocycles. The van der Waals surface area contributed by atoms with Crippen molar-refractivity contribution < 1.29 is 19.1 Å². The Hall–Kier alpha value is -2.57. The zero-order chi connectivity index (χ0) is 21.2. The van der Waals surface area contributed by atoms with Crippen LogP contribution in [0.15, 0.2) is 42.5 Å². The highest BCUT2D eigenvalue weighted by Gasteiger charge is 2.13. The highest BCUT2D eigenvalue weighted by Crippen LogP contribution is 2.20. The second-order valence-corrected chi connectivity index (χ2v) is 7.16. The molecule has 0 radical (unpaired) electrons. The second-order valence-electron chi connectivity index (χ2n) is 6.32. The Kier molecular flexibility index (Phi) is 8.96. The van der Waals surface area contributed by atoms with E-state index in [0.717, 1.165) is 19.3 Å². The first-order valence-corrected chi connectivity index (χ1v) is 9.92. The number of amides is 2. The van der Waals surface area contributed by atoms with Gasteiger partial charge in [0.05, 0.1) is 10.6 Å². The maximum atomic E-state index is 12.0. The van der Waals surface area contributed by atoms with Crippen molar-refractivity contribution in [2.45, 2.75) is 26.2 Å². The summed E-state index contributed by atoms with van der Waals surface area (Å²) in [5.74, 6) is -1.75. The van der Waals surface area contributed by atoms with Crippen molar-refractivity contribution >= 4 is 46.7 Å². The normalized spacial score (nSPS) is 10.3. The van der Waals surface area contributed by atoms with Crippen molar-refractivity contribution in [3.8, 4) is 0 Å². The van der Waals surface area contributed by atoms with E-state index in [1.165, 1.54) is 23.8 Å². The molecule has 0 aliphatic carbocycles. The number of halogens is 2. The van der Waals surface area contributed by atoms with E-state index in [2.05, 4.69) is 17.6 Å². The van der Waals surface area contributed by atoms with Crippen molar-refractivity contribution in [1.29, 1.82) is 0 Å². The number of ether oxygens (including phenoxy) is 1. The van der Waals surface area contributed by atoms with Gasteiger partial charge in [-0.15, -0.1) is 0 Å². The Balaban J connectivity index is 1.72. The van der Waals surface area contributed by atoms with Gasteiger partial charge in [0.1, 0.15) is 6.54 Å². The molecule has 0 fully saturated rings. The van der Waals surface area contributed by atoms with Gasteiger partial charge < -0.3 is 15.4 Å². The smallest absolute Gasteiger partial charge is 0.325 e. The summed E-state index contributed by atoms with van der Waals surface area (Å²) in [7, 11) is 0. The predicted octanol–water partition coefficient (Wildman–Crippen LogP) is 4.25. The van der Waals surface area contributed by atoms with Gasteiger partial charge >= 0.3 is 5.97 Å². The van der Waals surface area contributed by atoms with Crippen molar-refractivity contribution in [2.24, 2.45) is 0 Å². The molecule has 2 amide bonds. The van der Waals surface area contributed by atoms with Crippen LogP contribution in [0.5, 0.6) is 0 Å². The number of carbonyl (C=O) groups excluding carboxylic acids is 3. The molecule has 0 saturated carbocycles. The molecule has 0 spiro atoms. The summed E-state index contributed by atoms with van der Waals surface area (Å²) in [6.07, 6.45) is 3.23. The van der Waals surface area contributed by atoms with E-state index in [4.69, 9.17) is 27.9 Å². The lowest BCUT2D eigenvalue weighted by atomic mass is 10.1. The molecule has 0 bridgehead atoms. The molecule has 29 heavy (non-hydrogen) atoms. The molecule has 154 valence electrons. The topological polar surface area (TPSA) is 84.5 Å². The molecule has 8 heteroatoms. The second kappa shape index (κ2) is 11.4. The van der Waals surface area contributed by atoms with Crippen molar-refractivity contribution in [3.63, 3.8) is 0 Å². The van der Waals surface area contributed by atoms with Gasteiger partial charge in [-0.05, 0) is 48.7 Å². The summed E-state index contributed by atoms with van der Waals surface area (Å²) >= 11 is 11.7. The molecule has 0 aliphatic heterocycles. The third-order valence-corrected chi connectivity index (χ3v) is 4.54. The lowest BCUT2D eigenvalue weighted by Gasteiger charge is -2.09. The monoisotopic (exact) mass is 436 g/mol. The van der Waals surface area contributed by atoms with E-state index in [9.17, 15) is 14.4 Å². The third-order valence-electron chi connectivity index (χ3n) is 3.99. The SMILES string of the molecule is CCCCc1ccc(NC(=O)COC(=O)CNC(=O)c2ccc(Cl)cc2Cl)cc1. The van der Waals surface area contributed by atoms with Crippen LogP contribution in [-0.4, -0.2) is 30.9 Å².